The second kappa shape index (κ2) is 11.2. The van der Waals surface area contributed by atoms with E-state index in [0.717, 1.165) is 0 Å². The van der Waals surface area contributed by atoms with E-state index in [1.165, 1.54) is 7.11 Å². The molecule has 0 saturated carbocycles. The van der Waals surface area contributed by atoms with E-state index in [-0.39, 0.29) is 5.92 Å². The Kier molecular flexibility index (Phi) is 8.68. The minimum Gasteiger partial charge on any atom is -0.495 e. The largest absolute Gasteiger partial charge is 0.495 e. The zero-order chi connectivity index (χ0) is 22.1. The molecule has 2 N–H and O–H groups in total. The van der Waals surface area contributed by atoms with E-state index in [2.05, 4.69) is 10.6 Å². The molecule has 2 rings (SSSR count). The van der Waals surface area contributed by atoms with Crippen molar-refractivity contribution in [2.45, 2.75) is 26.3 Å². The van der Waals surface area contributed by atoms with Crippen molar-refractivity contribution >= 4 is 35.1 Å². The van der Waals surface area contributed by atoms with Gasteiger partial charge in [0.1, 0.15) is 11.8 Å². The first-order valence-electron chi connectivity index (χ1n) is 9.46. The Morgan fingerprint density at radius 2 is 1.70 bits per heavy atom. The monoisotopic (exact) mass is 432 g/mol. The summed E-state index contributed by atoms with van der Waals surface area (Å²) in [6.45, 7) is 3.36. The van der Waals surface area contributed by atoms with Crippen LogP contribution in [0.25, 0.3) is 0 Å². The summed E-state index contributed by atoms with van der Waals surface area (Å²) >= 11 is 5.84. The molecule has 0 saturated heterocycles. The van der Waals surface area contributed by atoms with Crippen LogP contribution in [0.1, 0.15) is 30.6 Å². The van der Waals surface area contributed by atoms with Crippen molar-refractivity contribution in [2.24, 2.45) is 5.92 Å². The van der Waals surface area contributed by atoms with Crippen LogP contribution in [0.4, 0.5) is 5.69 Å². The lowest BCUT2D eigenvalue weighted by Gasteiger charge is -2.19. The lowest BCUT2D eigenvalue weighted by Crippen LogP contribution is -2.43. The number of rotatable bonds is 9. The number of hydrogen-bond donors (Lipinski definition) is 2. The third-order valence-electron chi connectivity index (χ3n) is 4.13. The number of ether oxygens (including phenoxy) is 2. The van der Waals surface area contributed by atoms with Crippen LogP contribution >= 0.6 is 11.6 Å². The summed E-state index contributed by atoms with van der Waals surface area (Å²) in [6, 6.07) is 12.3. The van der Waals surface area contributed by atoms with E-state index in [1.807, 2.05) is 13.8 Å². The van der Waals surface area contributed by atoms with Crippen molar-refractivity contribution in [3.8, 4) is 5.75 Å². The van der Waals surface area contributed by atoms with Crippen molar-refractivity contribution < 1.29 is 23.9 Å². The first-order valence-corrected chi connectivity index (χ1v) is 9.84. The maximum atomic E-state index is 12.5. The summed E-state index contributed by atoms with van der Waals surface area (Å²) in [4.78, 5) is 37.1. The minimum atomic E-state index is -0.882. The molecule has 0 fully saturated rings. The van der Waals surface area contributed by atoms with Crippen LogP contribution in [0.2, 0.25) is 5.02 Å². The van der Waals surface area contributed by atoms with Gasteiger partial charge in [-0.25, -0.2) is 4.79 Å². The average molecular weight is 433 g/mol. The van der Waals surface area contributed by atoms with Gasteiger partial charge in [0.05, 0.1) is 12.8 Å². The molecule has 0 spiro atoms. The molecule has 0 radical (unpaired) electrons. The molecule has 2 aromatic carbocycles. The van der Waals surface area contributed by atoms with Crippen LogP contribution in [0.5, 0.6) is 5.75 Å². The Morgan fingerprint density at radius 3 is 2.33 bits per heavy atom. The smallest absolute Gasteiger partial charge is 0.329 e. The molecule has 1 unspecified atom stereocenters. The van der Waals surface area contributed by atoms with Gasteiger partial charge in [0.2, 0.25) is 0 Å². The number of para-hydroxylation sites is 2. The second-order valence-corrected chi connectivity index (χ2v) is 7.46. The minimum absolute atomic E-state index is 0.121. The topological polar surface area (TPSA) is 93.7 Å². The molecular formula is C22H25ClN2O5. The van der Waals surface area contributed by atoms with E-state index in [0.29, 0.717) is 28.4 Å². The van der Waals surface area contributed by atoms with Crippen LogP contribution < -0.4 is 15.4 Å². The number of hydrogen-bond acceptors (Lipinski definition) is 5. The van der Waals surface area contributed by atoms with Gasteiger partial charge < -0.3 is 20.1 Å². The Labute approximate surface area is 180 Å². The molecule has 0 aliphatic heterocycles. The highest BCUT2D eigenvalue weighted by atomic mass is 35.5. The lowest BCUT2D eigenvalue weighted by molar-refractivity contribution is -0.149. The number of amides is 2. The predicted octanol–water partition coefficient (Wildman–Crippen LogP) is 3.68. The summed E-state index contributed by atoms with van der Waals surface area (Å²) in [6.07, 6.45) is 0.367. The van der Waals surface area contributed by atoms with Gasteiger partial charge in [-0.3, -0.25) is 9.59 Å². The quantitative estimate of drug-likeness (QED) is 0.589. The molecule has 30 heavy (non-hydrogen) atoms. The summed E-state index contributed by atoms with van der Waals surface area (Å²) < 4.78 is 10.3. The number of halogens is 1. The van der Waals surface area contributed by atoms with Crippen molar-refractivity contribution in [1.82, 2.24) is 5.32 Å². The van der Waals surface area contributed by atoms with Gasteiger partial charge in [-0.2, -0.15) is 0 Å². The maximum absolute atomic E-state index is 12.5. The Bertz CT molecular complexity index is 883. The Balaban J connectivity index is 1.96. The molecule has 1 atom stereocenters. The van der Waals surface area contributed by atoms with Gasteiger partial charge in [-0.1, -0.05) is 37.6 Å². The van der Waals surface area contributed by atoms with Crippen LogP contribution in [0, 0.1) is 5.92 Å². The summed E-state index contributed by atoms with van der Waals surface area (Å²) in [5.74, 6) is -1.00. The van der Waals surface area contributed by atoms with Crippen molar-refractivity contribution in [3.63, 3.8) is 0 Å². The van der Waals surface area contributed by atoms with Crippen LogP contribution in [0.15, 0.2) is 48.5 Å². The van der Waals surface area contributed by atoms with Gasteiger partial charge in [-0.05, 0) is 48.7 Å². The molecule has 2 amide bonds. The number of nitrogens with one attached hydrogen (secondary N) is 2. The van der Waals surface area contributed by atoms with E-state index >= 15 is 0 Å². The highest BCUT2D eigenvalue weighted by Crippen LogP contribution is 2.22. The maximum Gasteiger partial charge on any atom is 0.329 e. The molecule has 0 aliphatic rings. The first-order chi connectivity index (χ1) is 14.3. The molecule has 8 heteroatoms. The SMILES string of the molecule is COc1ccccc1NC(=O)COC(=O)C(CC(C)C)NC(=O)c1ccc(Cl)cc1. The fraction of sp³-hybridized carbons (Fsp3) is 0.318. The van der Waals surface area contributed by atoms with Gasteiger partial charge in [0.15, 0.2) is 6.61 Å². The van der Waals surface area contributed by atoms with Gasteiger partial charge >= 0.3 is 5.97 Å². The van der Waals surface area contributed by atoms with E-state index in [9.17, 15) is 14.4 Å². The summed E-state index contributed by atoms with van der Waals surface area (Å²) in [5.41, 5.74) is 0.839. The van der Waals surface area contributed by atoms with Crippen LogP contribution in [-0.4, -0.2) is 37.5 Å². The fourth-order valence-electron chi connectivity index (χ4n) is 2.70. The predicted molar refractivity (Wildman–Crippen MR) is 115 cm³/mol. The highest BCUT2D eigenvalue weighted by molar-refractivity contribution is 6.30. The summed E-state index contributed by atoms with van der Waals surface area (Å²) in [5, 5.41) is 5.80. The molecular weight excluding hydrogens is 408 g/mol. The Hall–Kier alpha value is -3.06. The Morgan fingerprint density at radius 1 is 1.03 bits per heavy atom. The van der Waals surface area contributed by atoms with Crippen LogP contribution in [-0.2, 0) is 14.3 Å². The lowest BCUT2D eigenvalue weighted by atomic mass is 10.0. The average Bonchev–Trinajstić information content (AvgIpc) is 2.72. The van der Waals surface area contributed by atoms with E-state index < -0.39 is 30.4 Å². The molecule has 0 heterocycles. The number of carbonyl (C=O) groups is 3. The molecule has 160 valence electrons. The zero-order valence-electron chi connectivity index (χ0n) is 17.1. The number of esters is 1. The van der Waals surface area contributed by atoms with Gasteiger partial charge in [0.25, 0.3) is 11.8 Å². The third kappa shape index (κ3) is 7.08. The number of benzene rings is 2. The molecule has 2 aromatic rings. The molecule has 7 nitrogen and oxygen atoms in total. The van der Waals surface area contributed by atoms with Gasteiger partial charge in [-0.15, -0.1) is 0 Å². The zero-order valence-corrected chi connectivity index (χ0v) is 17.9. The number of methoxy groups -OCH3 is 1. The van der Waals surface area contributed by atoms with Crippen molar-refractivity contribution in [2.75, 3.05) is 19.0 Å². The van der Waals surface area contributed by atoms with Crippen molar-refractivity contribution in [3.05, 3.63) is 59.1 Å². The van der Waals surface area contributed by atoms with Crippen LogP contribution in [0.3, 0.4) is 0 Å². The third-order valence-corrected chi connectivity index (χ3v) is 4.38. The second-order valence-electron chi connectivity index (χ2n) is 7.02. The molecule has 0 aromatic heterocycles. The fourth-order valence-corrected chi connectivity index (χ4v) is 2.83. The normalized spacial score (nSPS) is 11.5. The molecule has 0 bridgehead atoms. The first kappa shape index (κ1) is 23.2. The summed E-state index contributed by atoms with van der Waals surface area (Å²) in [7, 11) is 1.49. The molecule has 0 aliphatic carbocycles. The highest BCUT2D eigenvalue weighted by Gasteiger charge is 2.25. The van der Waals surface area contributed by atoms with E-state index in [1.54, 1.807) is 48.5 Å². The van der Waals surface area contributed by atoms with Crippen molar-refractivity contribution in [1.29, 1.82) is 0 Å². The van der Waals surface area contributed by atoms with Gasteiger partial charge in [0, 0.05) is 10.6 Å². The standard InChI is InChI=1S/C22H25ClN2O5/c1-14(2)12-18(25-21(27)15-8-10-16(23)11-9-15)22(28)30-13-20(26)24-17-6-4-5-7-19(17)29-3/h4-11,14,18H,12-13H2,1-3H3,(H,24,26)(H,25,27). The van der Waals surface area contributed by atoms with E-state index in [4.69, 9.17) is 21.1 Å². The number of anilines is 1. The number of carbonyl (C=O) groups excluding carboxylic acids is 3.